The topological polar surface area (TPSA) is 3.24 Å². The molecule has 0 aromatic heterocycles. The Bertz CT molecular complexity index is 298. The van der Waals surface area contributed by atoms with E-state index in [2.05, 4.69) is 18.8 Å². The van der Waals surface area contributed by atoms with Crippen LogP contribution in [0.1, 0.15) is 5.56 Å². The van der Waals surface area contributed by atoms with Gasteiger partial charge in [-0.1, -0.05) is 5.92 Å². The zero-order chi connectivity index (χ0) is 10.3. The molecule has 0 amide bonds. The van der Waals surface area contributed by atoms with E-state index >= 15 is 0 Å². The summed E-state index contributed by atoms with van der Waals surface area (Å²) in [5.74, 6) is 2.57. The molecule has 0 fully saturated rings. The van der Waals surface area contributed by atoms with Crippen molar-refractivity contribution < 1.29 is 0 Å². The minimum Gasteiger partial charge on any atom is -0.378 e. The maximum atomic E-state index is 5.21. The molecule has 0 radical (unpaired) electrons. The summed E-state index contributed by atoms with van der Waals surface area (Å²) in [4.78, 5) is 2.04. The number of nitrogens with zero attached hydrogens (tertiary/aromatic N) is 1. The molecule has 0 saturated heterocycles. The number of benzene rings is 1. The summed E-state index contributed by atoms with van der Waals surface area (Å²) in [6.45, 7) is 0. The first-order chi connectivity index (χ1) is 6.24. The van der Waals surface area contributed by atoms with E-state index < -0.39 is 0 Å². The lowest BCUT2D eigenvalue weighted by atomic mass is 10.2. The van der Waals surface area contributed by atoms with E-state index in [1.165, 1.54) is 5.69 Å². The molecule has 0 heterocycles. The van der Waals surface area contributed by atoms with Crippen molar-refractivity contribution in [1.82, 2.24) is 0 Å². The molecule has 1 heteroatoms. The van der Waals surface area contributed by atoms with E-state index in [-0.39, 0.29) is 0 Å². The summed E-state index contributed by atoms with van der Waals surface area (Å²) in [6, 6.07) is 7.90. The van der Waals surface area contributed by atoms with Crippen LogP contribution in [0.15, 0.2) is 24.3 Å². The van der Waals surface area contributed by atoms with Crippen LogP contribution in [-0.4, -0.2) is 14.1 Å². The summed E-state index contributed by atoms with van der Waals surface area (Å²) in [6.07, 6.45) is 13.2. The van der Waals surface area contributed by atoms with Crippen molar-refractivity contribution in [3.05, 3.63) is 29.8 Å². The first-order valence-electron chi connectivity index (χ1n) is 3.81. The molecule has 0 bridgehead atoms. The molecule has 1 aromatic rings. The fraction of sp³-hybridized carbons (Fsp3) is 0.167. The van der Waals surface area contributed by atoms with Crippen LogP contribution in [0.25, 0.3) is 0 Å². The van der Waals surface area contributed by atoms with E-state index in [0.29, 0.717) is 0 Å². The highest BCUT2D eigenvalue weighted by molar-refractivity contribution is 5.48. The molecule has 1 nitrogen and oxygen atoms in total. The van der Waals surface area contributed by atoms with Gasteiger partial charge in [0.2, 0.25) is 0 Å². The van der Waals surface area contributed by atoms with Crippen LogP contribution in [0.5, 0.6) is 0 Å². The van der Waals surface area contributed by atoms with Gasteiger partial charge in [0.05, 0.1) is 0 Å². The largest absolute Gasteiger partial charge is 0.378 e. The predicted octanol–water partition coefficient (Wildman–Crippen LogP) is 1.98. The van der Waals surface area contributed by atoms with Crippen LogP contribution in [0.4, 0.5) is 5.69 Å². The van der Waals surface area contributed by atoms with Crippen LogP contribution in [0.3, 0.4) is 0 Å². The van der Waals surface area contributed by atoms with Crippen molar-refractivity contribution in [3.63, 3.8) is 0 Å². The maximum Gasteiger partial charge on any atom is 0.0361 e. The van der Waals surface area contributed by atoms with Crippen molar-refractivity contribution in [3.8, 4) is 25.2 Å². The quantitative estimate of drug-likeness (QED) is 0.584. The van der Waals surface area contributed by atoms with Crippen LogP contribution in [0.2, 0.25) is 0 Å². The molecule has 1 aromatic carbocycles. The molecule has 0 atom stereocenters. The Morgan fingerprint density at radius 3 is 1.85 bits per heavy atom. The third-order valence-corrected chi connectivity index (χ3v) is 1.55. The Morgan fingerprint density at radius 2 is 1.54 bits per heavy atom. The smallest absolute Gasteiger partial charge is 0.0361 e. The van der Waals surface area contributed by atoms with Crippen molar-refractivity contribution in [2.75, 3.05) is 19.0 Å². The van der Waals surface area contributed by atoms with Crippen molar-refractivity contribution >= 4 is 5.69 Å². The number of anilines is 1. The van der Waals surface area contributed by atoms with Crippen LogP contribution in [-0.2, 0) is 0 Å². The van der Waals surface area contributed by atoms with Gasteiger partial charge in [-0.2, -0.15) is 0 Å². The van der Waals surface area contributed by atoms with Crippen molar-refractivity contribution in [2.24, 2.45) is 0 Å². The van der Waals surface area contributed by atoms with Gasteiger partial charge in [0, 0.05) is 25.3 Å². The lowest BCUT2D eigenvalue weighted by Gasteiger charge is -2.11. The zero-order valence-electron chi connectivity index (χ0n) is 7.99. The molecular weight excluding hydrogens is 158 g/mol. The van der Waals surface area contributed by atoms with Crippen molar-refractivity contribution in [1.29, 1.82) is 0 Å². The lowest BCUT2D eigenvalue weighted by molar-refractivity contribution is 1.13. The summed E-state index contributed by atoms with van der Waals surface area (Å²) in [5.41, 5.74) is 2.10. The third-order valence-electron chi connectivity index (χ3n) is 1.55. The molecule has 0 N–H and O–H groups in total. The average molecular weight is 171 g/mol. The van der Waals surface area contributed by atoms with Gasteiger partial charge in [-0.25, -0.2) is 0 Å². The van der Waals surface area contributed by atoms with Crippen LogP contribution < -0.4 is 4.90 Å². The summed E-state index contributed by atoms with van der Waals surface area (Å²) in [5, 5.41) is 0. The highest BCUT2D eigenvalue weighted by Crippen LogP contribution is 2.10. The highest BCUT2D eigenvalue weighted by atomic mass is 15.1. The second kappa shape index (κ2) is 5.75. The molecule has 0 aliphatic heterocycles. The highest BCUT2D eigenvalue weighted by Gasteiger charge is 1.92. The van der Waals surface area contributed by atoms with E-state index in [1.54, 1.807) is 0 Å². The number of hydrogen-bond acceptors (Lipinski definition) is 1. The fourth-order valence-electron chi connectivity index (χ4n) is 0.856. The molecule has 0 saturated carbocycles. The molecule has 66 valence electrons. The number of terminal acetylenes is 2. The van der Waals surface area contributed by atoms with E-state index in [4.69, 9.17) is 6.42 Å². The van der Waals surface area contributed by atoms with Gasteiger partial charge in [-0.3, -0.25) is 0 Å². The number of hydrogen-bond donors (Lipinski definition) is 0. The molecular formula is C12H13N. The Balaban J connectivity index is 0.000000671. The van der Waals surface area contributed by atoms with Crippen molar-refractivity contribution in [2.45, 2.75) is 0 Å². The Kier molecular flexibility index (Phi) is 4.93. The Labute approximate surface area is 80.4 Å². The molecule has 1 rings (SSSR count). The molecule has 0 spiro atoms. The molecule has 0 aliphatic carbocycles. The predicted molar refractivity (Wildman–Crippen MR) is 58.6 cm³/mol. The van der Waals surface area contributed by atoms with E-state index in [0.717, 1.165) is 5.56 Å². The average Bonchev–Trinajstić information content (AvgIpc) is 2.21. The van der Waals surface area contributed by atoms with Gasteiger partial charge in [0.15, 0.2) is 0 Å². The number of rotatable bonds is 1. The first-order valence-corrected chi connectivity index (χ1v) is 3.81. The summed E-state index contributed by atoms with van der Waals surface area (Å²) < 4.78 is 0. The molecule has 0 aliphatic rings. The second-order valence-corrected chi connectivity index (χ2v) is 2.59. The normalized spacial score (nSPS) is 7.62. The van der Waals surface area contributed by atoms with Gasteiger partial charge in [-0.15, -0.1) is 19.3 Å². The van der Waals surface area contributed by atoms with E-state index in [9.17, 15) is 0 Å². The van der Waals surface area contributed by atoms with Gasteiger partial charge < -0.3 is 4.90 Å². The molecule has 0 unspecified atom stereocenters. The Hall–Kier alpha value is -1.86. The van der Waals surface area contributed by atoms with Crippen LogP contribution in [0, 0.1) is 25.2 Å². The SMILES string of the molecule is C#C.C#Cc1ccc(N(C)C)cc1. The minimum atomic E-state index is 0.926. The third kappa shape index (κ3) is 3.36. The van der Waals surface area contributed by atoms with Gasteiger partial charge in [0.1, 0.15) is 0 Å². The monoisotopic (exact) mass is 171 g/mol. The van der Waals surface area contributed by atoms with E-state index in [1.807, 2.05) is 43.3 Å². The first kappa shape index (κ1) is 11.1. The van der Waals surface area contributed by atoms with Gasteiger partial charge in [-0.05, 0) is 24.3 Å². The maximum absolute atomic E-state index is 5.21. The van der Waals surface area contributed by atoms with Crippen LogP contribution >= 0.6 is 0 Å². The van der Waals surface area contributed by atoms with Gasteiger partial charge in [0.25, 0.3) is 0 Å². The lowest BCUT2D eigenvalue weighted by Crippen LogP contribution is -2.07. The molecule has 13 heavy (non-hydrogen) atoms. The fourth-order valence-corrected chi connectivity index (χ4v) is 0.856. The Morgan fingerprint density at radius 1 is 1.08 bits per heavy atom. The minimum absolute atomic E-state index is 0.926. The summed E-state index contributed by atoms with van der Waals surface area (Å²) in [7, 11) is 4.01. The van der Waals surface area contributed by atoms with Gasteiger partial charge >= 0.3 is 0 Å². The standard InChI is InChI=1S/C10H11N.C2H2/c1-4-9-5-7-10(8-6-9)11(2)3;1-2/h1,5-8H,2-3H3;1-2H. The zero-order valence-corrected chi connectivity index (χ0v) is 7.99. The summed E-state index contributed by atoms with van der Waals surface area (Å²) >= 11 is 0. The second-order valence-electron chi connectivity index (χ2n) is 2.59.